The monoisotopic (exact) mass is 2170 g/mol. The van der Waals surface area contributed by atoms with Crippen molar-refractivity contribution in [2.75, 3.05) is 88.0 Å². The van der Waals surface area contributed by atoms with E-state index in [0.29, 0.717) is 73.5 Å². The second kappa shape index (κ2) is 50.9. The number of alkyl halides is 16. The van der Waals surface area contributed by atoms with Gasteiger partial charge < -0.3 is 78.7 Å². The van der Waals surface area contributed by atoms with Crippen LogP contribution in [-0.4, -0.2) is 195 Å². The zero-order chi connectivity index (χ0) is 110. The van der Waals surface area contributed by atoms with E-state index in [2.05, 4.69) is 56.1 Å². The summed E-state index contributed by atoms with van der Waals surface area (Å²) in [5.41, 5.74) is 1.66. The number of hydrogen-bond acceptors (Lipinski definition) is 28. The minimum absolute atomic E-state index is 0. The first-order valence-electron chi connectivity index (χ1n) is 42.0. The predicted molar refractivity (Wildman–Crippen MR) is 504 cm³/mol. The van der Waals surface area contributed by atoms with Gasteiger partial charge in [-0.2, -0.15) is 86.3 Å². The smallest absolute Gasteiger partial charge is 0.450 e. The molecule has 57 heteroatoms. The van der Waals surface area contributed by atoms with Crippen molar-refractivity contribution in [2.24, 2.45) is 5.84 Å². The van der Waals surface area contributed by atoms with Crippen LogP contribution in [0.1, 0.15) is 132 Å². The first-order chi connectivity index (χ1) is 69.4. The fourth-order valence-corrected chi connectivity index (χ4v) is 13.1. The molecule has 17 rings (SSSR count). The Labute approximate surface area is 850 Å². The molecule has 13 aromatic rings. The topological polar surface area (TPSA) is 467 Å². The molecule has 7 N–H and O–H groups in total. The maximum Gasteiger partial charge on any atom is 0.450 e. The number of nitrogen functional groups attached to an aromatic ring is 1. The molecule has 4 aliphatic rings. The number of aromatic nitrogens is 13. The zero-order valence-electron chi connectivity index (χ0n) is 79.2. The summed E-state index contributed by atoms with van der Waals surface area (Å²) in [4.78, 5) is 113. The average molecular weight is 2170 g/mol. The highest BCUT2D eigenvalue weighted by Crippen LogP contribution is 2.44. The van der Waals surface area contributed by atoms with E-state index in [0.717, 1.165) is 46.5 Å². The molecule has 0 aliphatic carbocycles. The number of aliphatic carboxylic acids is 1. The molecule has 0 bridgehead atoms. The Balaban J connectivity index is 0.000000242. The van der Waals surface area contributed by atoms with Gasteiger partial charge in [-0.15, -0.1) is 12.4 Å². The Morgan fingerprint density at radius 1 is 0.436 bits per heavy atom. The highest BCUT2D eigenvalue weighted by atomic mass is 35.5. The number of carboxylic acids is 3. The molecule has 0 saturated carbocycles. The molecule has 0 spiro atoms. The van der Waals surface area contributed by atoms with Crippen molar-refractivity contribution >= 4 is 111 Å². The average Bonchev–Trinajstić information content (AvgIpc) is 1.64. The number of carbonyl (C=O) groups is 8. The molecule has 38 nitrogen and oxygen atoms in total. The number of hydrazine groups is 1. The van der Waals surface area contributed by atoms with Crippen LogP contribution in [0.2, 0.25) is 10.0 Å². The number of nitrogens with one attached hydrogen (secondary N) is 2. The summed E-state index contributed by atoms with van der Waals surface area (Å²) in [7, 11) is 5.53. The number of rotatable bonds is 16. The van der Waals surface area contributed by atoms with Crippen LogP contribution in [0.5, 0.6) is 46.0 Å². The van der Waals surface area contributed by atoms with E-state index in [1.54, 1.807) is 68.7 Å². The molecule has 9 aromatic heterocycles. The number of amides is 3. The minimum atomic E-state index is -4.87. The Hall–Kier alpha value is -16.7. The molecule has 13 heterocycles. The summed E-state index contributed by atoms with van der Waals surface area (Å²) in [6.45, 7) is 9.63. The lowest BCUT2D eigenvalue weighted by molar-refractivity contribution is -0.171. The van der Waals surface area contributed by atoms with Crippen molar-refractivity contribution in [1.29, 1.82) is 0 Å². The largest absolute Gasteiger partial charge is 0.481 e. The lowest BCUT2D eigenvalue weighted by Crippen LogP contribution is -2.26. The minimum Gasteiger partial charge on any atom is -0.481 e. The number of pyridine rings is 5. The maximum atomic E-state index is 13.5. The molecule has 0 unspecified atom stereocenters. The summed E-state index contributed by atoms with van der Waals surface area (Å²) in [6.07, 6.45) is -18.1. The molecule has 149 heavy (non-hydrogen) atoms. The lowest BCUT2D eigenvalue weighted by Gasteiger charge is -2.18. The summed E-state index contributed by atoms with van der Waals surface area (Å²) in [6, 6.07) is 35.0. The van der Waals surface area contributed by atoms with Gasteiger partial charge in [0.1, 0.15) is 17.3 Å². The van der Waals surface area contributed by atoms with E-state index >= 15 is 0 Å². The van der Waals surface area contributed by atoms with Gasteiger partial charge >= 0.3 is 42.8 Å². The van der Waals surface area contributed by atoms with Crippen LogP contribution in [-0.2, 0) is 39.1 Å². The van der Waals surface area contributed by atoms with Crippen LogP contribution in [0.15, 0.2) is 171 Å². The second-order valence-electron chi connectivity index (χ2n) is 30.0. The summed E-state index contributed by atoms with van der Waals surface area (Å²) < 4.78 is 252. The molecule has 4 aliphatic heterocycles. The number of halogens is 19. The van der Waals surface area contributed by atoms with Crippen LogP contribution < -0.4 is 69.2 Å². The van der Waals surface area contributed by atoms with E-state index < -0.39 is 124 Å². The van der Waals surface area contributed by atoms with Gasteiger partial charge in [-0.3, -0.25) is 33.2 Å². The molecule has 0 radical (unpaired) electrons. The van der Waals surface area contributed by atoms with Crippen molar-refractivity contribution < 1.29 is 163 Å². The normalized spacial score (nSPS) is 11.9. The van der Waals surface area contributed by atoms with Gasteiger partial charge in [-0.1, -0.05) is 30.6 Å². The fourth-order valence-electron chi connectivity index (χ4n) is 12.7. The van der Waals surface area contributed by atoms with Crippen molar-refractivity contribution in [3.05, 3.63) is 259 Å². The number of hydrogen-bond donors (Lipinski definition) is 6. The number of ketones is 2. The number of nitrogens with two attached hydrogens (primary N) is 1. The van der Waals surface area contributed by atoms with Gasteiger partial charge in [0.2, 0.25) is 33.0 Å². The van der Waals surface area contributed by atoms with Gasteiger partial charge in [-0.25, -0.2) is 59.1 Å². The molecule has 0 fully saturated rings. The standard InChI is InChI=1S/2C19H14ClF3N4O3.C19H15F3N4O3.C12H10F3N3O2.C8H9NO2.C6H7N3O2.C5H5F3O2.C2H4O2.CH3F.CH4.ClH/c1-10-16(20)17(19(21,22)23)25-27(10)15-7-11(5-6-24-15)18(28)26(2)12-3-4-13-14(8-12)30-9-29-13;1-10-16(20)17(19(21,22)23)27(25-10)15-7-11(5-6-24-15)18(28)26(2)12-3-4-13-14(8-12)30-9-29-13;1-11-7-16(19(20,21)22)26(24-11)17-8-12(5-6-23-17)18(27)25(2)13-3-4-14-15(9-13)29-10-28-14;1-6-7(2)18(17-10(6)12(13,14)15)9-5-8(11(19)20)3-4-16-9;1-9-6-2-3-7-8(4-6)11-5-10-7;7-9-5-3-4(6(10)11)1-2-8-5;1-3(9)2-4(10)5(6,7)8;1-2(3)4;1-2;;/h2*3-8H,9H2,1-2H3;3-9H,10H2,1-2H3;3-5H,1-2H3,(H,19,20);2-4,9H,5H2,1H3;1-3H,7H2,(H,8,9)(H,10,11);2H2,1H3;1H3,(H,3,4);1H3;1H4;1H/i;;;;;;;;1D;;. The van der Waals surface area contributed by atoms with Crippen molar-refractivity contribution in [3.8, 4) is 69.3 Å². The quantitative estimate of drug-likeness (QED) is 0.0226. The van der Waals surface area contributed by atoms with Crippen LogP contribution in [0, 0.1) is 34.6 Å². The van der Waals surface area contributed by atoms with Crippen molar-refractivity contribution in [2.45, 2.75) is 93.2 Å². The third-order valence-corrected chi connectivity index (χ3v) is 20.8. The third-order valence-electron chi connectivity index (χ3n) is 19.9. The van der Waals surface area contributed by atoms with E-state index in [1.165, 1.54) is 148 Å². The van der Waals surface area contributed by atoms with Crippen LogP contribution in [0.25, 0.3) is 23.3 Å². The lowest BCUT2D eigenvalue weighted by atomic mass is 10.2. The van der Waals surface area contributed by atoms with Gasteiger partial charge in [0, 0.05) is 141 Å². The maximum absolute atomic E-state index is 13.5. The first kappa shape index (κ1) is 118. The molecular formula is C92H86Cl3F16N19O19. The molecule has 4 aromatic carbocycles. The fraction of sp³-hybridized carbons (Fsp3) is 0.250. The van der Waals surface area contributed by atoms with Gasteiger partial charge in [0.05, 0.1) is 53.2 Å². The van der Waals surface area contributed by atoms with Gasteiger partial charge in [0.25, 0.3) is 23.7 Å². The molecule has 796 valence electrons. The number of aromatic carboxylic acids is 2. The second-order valence-corrected chi connectivity index (χ2v) is 30.8. The predicted octanol–water partition coefficient (Wildman–Crippen LogP) is 19.1. The number of nitrogens with zero attached hydrogens (tertiary/aromatic N) is 16. The van der Waals surface area contributed by atoms with Crippen LogP contribution >= 0.6 is 35.6 Å². The Morgan fingerprint density at radius 2 is 0.779 bits per heavy atom. The van der Waals surface area contributed by atoms with Crippen LogP contribution in [0.3, 0.4) is 0 Å². The Bertz CT molecular complexity index is 7030. The number of anilines is 5. The number of carbonyl (C=O) groups excluding carboxylic acids is 5. The highest BCUT2D eigenvalue weighted by molar-refractivity contribution is 6.32. The van der Waals surface area contributed by atoms with Crippen molar-refractivity contribution in [1.82, 2.24) is 64.0 Å². The third kappa shape index (κ3) is 30.7. The summed E-state index contributed by atoms with van der Waals surface area (Å²) in [5.74, 6) is 2.97. The molecular weight excluding hydrogens is 2090 g/mol. The van der Waals surface area contributed by atoms with Crippen LogP contribution in [0.4, 0.5) is 98.8 Å². The first-order valence-corrected chi connectivity index (χ1v) is 42.1. The Morgan fingerprint density at radius 3 is 1.12 bits per heavy atom. The van der Waals surface area contributed by atoms with E-state index in [1.807, 2.05) is 25.2 Å². The number of Topliss-reactive ketones (excluding diaryl/α,β-unsaturated/α-hetero) is 2. The summed E-state index contributed by atoms with van der Waals surface area (Å²) in [5, 5.41) is 41.5. The van der Waals surface area contributed by atoms with Crippen molar-refractivity contribution in [3.63, 3.8) is 0 Å². The molecule has 0 atom stereocenters. The number of fused-ring (bicyclic) bond motifs is 4. The Kier molecular flexibility index (Phi) is 40.2. The summed E-state index contributed by atoms with van der Waals surface area (Å²) >= 11 is 11.6. The number of aryl methyl sites for hydroxylation is 2. The van der Waals surface area contributed by atoms with Gasteiger partial charge in [-0.05, 0) is 157 Å². The zero-order valence-corrected chi connectivity index (χ0v) is 80.6. The number of carboxylic acid groups (broad SMARTS) is 3. The highest BCUT2D eigenvalue weighted by Gasteiger charge is 2.43. The number of benzene rings is 4. The van der Waals surface area contributed by atoms with Gasteiger partial charge in [0.15, 0.2) is 86.3 Å². The molecule has 3 amide bonds. The van der Waals surface area contributed by atoms with E-state index in [9.17, 15) is 104 Å². The number of ether oxygens (including phenoxy) is 8. The molecule has 0 saturated heterocycles. The SMILES string of the molecule is C.CC(=O)CC(=O)C(F)(F)F.CC(=O)O.CNc1ccc2c(c1)OCO2.Cc1c(C(F)(F)F)nn(-c2cc(C(=O)O)ccn2)c1C.Cc1c(Cl)c(C(F)(F)F)nn1-c1cc(C(=O)N(C)c2ccc3c(c2)OCO3)ccn1.Cc1cc(C(F)(F)F)n(-c2cc(C(=O)N(C)c3ccc4c(c3)OCO4)ccn2)n1.Cc1nn(-c2cc(C(=O)N(C)c3ccc4c(c3)OCO4)ccn2)c(C(F)(F)F)c1Cl.Cl.NNc1cc(C(=O)O)ccn1.[2H]CF. The van der Waals surface area contributed by atoms with E-state index in [-0.39, 0.29) is 120 Å². The van der Waals surface area contributed by atoms with E-state index in [4.69, 9.17) is 88.4 Å².